The number of nitrogens with two attached hydrogens (primary N) is 1. The topological polar surface area (TPSA) is 26.0 Å². The molecule has 0 aliphatic rings. The smallest absolute Gasteiger partial charge is 0.273 e. The molecule has 0 unspecified atom stereocenters. The summed E-state index contributed by atoms with van der Waals surface area (Å²) in [7, 11) is 0. The van der Waals surface area contributed by atoms with Gasteiger partial charge >= 0.3 is 0 Å². The average molecular weight is 278 g/mol. The van der Waals surface area contributed by atoms with Crippen molar-refractivity contribution in [3.05, 3.63) is 27.5 Å². The van der Waals surface area contributed by atoms with Gasteiger partial charge in [-0.1, -0.05) is 6.07 Å². The molecule has 0 bridgehead atoms. The Morgan fingerprint density at radius 1 is 1.36 bits per heavy atom. The van der Waals surface area contributed by atoms with Gasteiger partial charge in [0.1, 0.15) is 0 Å². The zero-order valence-electron chi connectivity index (χ0n) is 6.93. The minimum absolute atomic E-state index is 0.0607. The summed E-state index contributed by atoms with van der Waals surface area (Å²) in [5, 5.41) is 0.791. The molecule has 5 heteroatoms. The molecule has 0 aliphatic heterocycles. The van der Waals surface area contributed by atoms with Crippen molar-refractivity contribution >= 4 is 43.0 Å². The third kappa shape index (κ3) is 1.50. The zero-order chi connectivity index (χ0) is 10.3. The lowest BCUT2D eigenvalue weighted by Gasteiger charge is -1.94. The van der Waals surface area contributed by atoms with E-state index in [1.165, 1.54) is 0 Å². The largest absolute Gasteiger partial charge is 0.399 e. The van der Waals surface area contributed by atoms with Crippen LogP contribution in [-0.4, -0.2) is 0 Å². The van der Waals surface area contributed by atoms with E-state index >= 15 is 0 Å². The Morgan fingerprint density at radius 2 is 2.07 bits per heavy atom. The molecule has 14 heavy (non-hydrogen) atoms. The molecule has 0 spiro atoms. The van der Waals surface area contributed by atoms with Crippen molar-refractivity contribution in [3.8, 4) is 0 Å². The lowest BCUT2D eigenvalue weighted by Crippen LogP contribution is -1.81. The Hall–Kier alpha value is -0.680. The van der Waals surface area contributed by atoms with Gasteiger partial charge in [-0.3, -0.25) is 0 Å². The maximum atomic E-state index is 12.5. The lowest BCUT2D eigenvalue weighted by molar-refractivity contribution is 0.155. The molecule has 2 rings (SSSR count). The summed E-state index contributed by atoms with van der Waals surface area (Å²) < 4.78 is 26.3. The number of fused-ring (bicyclic) bond motifs is 1. The Labute approximate surface area is 91.7 Å². The van der Waals surface area contributed by atoms with Crippen LogP contribution in [0.5, 0.6) is 0 Å². The highest BCUT2D eigenvalue weighted by atomic mass is 79.9. The van der Waals surface area contributed by atoms with E-state index in [9.17, 15) is 8.78 Å². The van der Waals surface area contributed by atoms with Gasteiger partial charge in [-0.05, 0) is 28.1 Å². The minimum atomic E-state index is -2.44. The average Bonchev–Trinajstić information content (AvgIpc) is 2.43. The number of hydrogen-bond acceptors (Lipinski definition) is 2. The van der Waals surface area contributed by atoms with Crippen LogP contribution in [0.25, 0.3) is 10.1 Å². The molecule has 0 radical (unpaired) electrons. The fourth-order valence-electron chi connectivity index (χ4n) is 1.24. The summed E-state index contributed by atoms with van der Waals surface area (Å²) in [6, 6.07) is 5.16. The summed E-state index contributed by atoms with van der Waals surface area (Å²) >= 11 is 4.24. The predicted octanol–water partition coefficient (Wildman–Crippen LogP) is 4.18. The summed E-state index contributed by atoms with van der Waals surface area (Å²) in [6.45, 7) is 0. The zero-order valence-corrected chi connectivity index (χ0v) is 9.33. The van der Waals surface area contributed by atoms with Crippen LogP contribution in [-0.2, 0) is 0 Å². The Kier molecular flexibility index (Phi) is 2.45. The number of nitrogen functional groups attached to an aromatic ring is 1. The number of benzene rings is 1. The molecule has 2 aromatic rings. The van der Waals surface area contributed by atoms with Crippen LogP contribution in [0, 0.1) is 0 Å². The quantitative estimate of drug-likeness (QED) is 0.778. The van der Waals surface area contributed by atoms with Gasteiger partial charge < -0.3 is 5.73 Å². The van der Waals surface area contributed by atoms with Gasteiger partial charge in [0.15, 0.2) is 0 Å². The van der Waals surface area contributed by atoms with Gasteiger partial charge in [0.2, 0.25) is 0 Å². The number of thiophene rings is 1. The molecule has 1 heterocycles. The maximum Gasteiger partial charge on any atom is 0.273 e. The first kappa shape index (κ1) is 9.86. The van der Waals surface area contributed by atoms with Crippen LogP contribution in [0.2, 0.25) is 0 Å². The molecular formula is C9H6BrF2NS. The Morgan fingerprint density at radius 3 is 2.71 bits per heavy atom. The van der Waals surface area contributed by atoms with Crippen LogP contribution in [0.4, 0.5) is 14.5 Å². The second kappa shape index (κ2) is 3.47. The molecular weight excluding hydrogens is 272 g/mol. The predicted molar refractivity (Wildman–Crippen MR) is 58.9 cm³/mol. The molecule has 0 fully saturated rings. The first-order valence-corrected chi connectivity index (χ1v) is 5.46. The summed E-state index contributed by atoms with van der Waals surface area (Å²) in [5.74, 6) is 0. The highest BCUT2D eigenvalue weighted by Gasteiger charge is 2.17. The van der Waals surface area contributed by atoms with Crippen LogP contribution in [0.3, 0.4) is 0 Å². The fraction of sp³-hybridized carbons (Fsp3) is 0.111. The second-order valence-electron chi connectivity index (χ2n) is 2.84. The molecule has 0 aliphatic carbocycles. The van der Waals surface area contributed by atoms with E-state index in [0.717, 1.165) is 21.4 Å². The van der Waals surface area contributed by atoms with Gasteiger partial charge in [-0.2, -0.15) is 0 Å². The first-order valence-electron chi connectivity index (χ1n) is 3.85. The molecule has 74 valence electrons. The molecule has 2 N–H and O–H groups in total. The van der Waals surface area contributed by atoms with Gasteiger partial charge in [-0.25, -0.2) is 8.78 Å². The number of hydrogen-bond donors (Lipinski definition) is 1. The third-order valence-corrected chi connectivity index (χ3v) is 4.15. The first-order chi connectivity index (χ1) is 6.59. The van der Waals surface area contributed by atoms with E-state index in [0.29, 0.717) is 10.2 Å². The number of alkyl halides is 2. The Balaban J connectivity index is 2.73. The van der Waals surface area contributed by atoms with E-state index in [1.807, 2.05) is 0 Å². The van der Waals surface area contributed by atoms with E-state index < -0.39 is 6.43 Å². The highest BCUT2D eigenvalue weighted by Crippen LogP contribution is 2.41. The number of anilines is 1. The second-order valence-corrected chi connectivity index (χ2v) is 4.71. The molecule has 0 amide bonds. The van der Waals surface area contributed by atoms with Gasteiger partial charge in [0.05, 0.1) is 4.88 Å². The van der Waals surface area contributed by atoms with Crippen molar-refractivity contribution in [3.63, 3.8) is 0 Å². The molecule has 1 nitrogen and oxygen atoms in total. The molecule has 0 saturated heterocycles. The summed E-state index contributed by atoms with van der Waals surface area (Å²) in [4.78, 5) is 0.0607. The van der Waals surface area contributed by atoms with Crippen molar-refractivity contribution in [1.29, 1.82) is 0 Å². The van der Waals surface area contributed by atoms with Gasteiger partial charge in [0.25, 0.3) is 6.43 Å². The van der Waals surface area contributed by atoms with Crippen LogP contribution < -0.4 is 5.73 Å². The van der Waals surface area contributed by atoms with Crippen LogP contribution in [0.1, 0.15) is 11.3 Å². The van der Waals surface area contributed by atoms with E-state index in [4.69, 9.17) is 5.73 Å². The summed E-state index contributed by atoms with van der Waals surface area (Å²) in [5.41, 5.74) is 6.15. The van der Waals surface area contributed by atoms with Crippen molar-refractivity contribution < 1.29 is 8.78 Å². The fourth-order valence-corrected chi connectivity index (χ4v) is 3.13. The van der Waals surface area contributed by atoms with E-state index in [1.54, 1.807) is 18.2 Å². The normalized spacial score (nSPS) is 11.4. The lowest BCUT2D eigenvalue weighted by atomic mass is 10.2. The minimum Gasteiger partial charge on any atom is -0.399 e. The van der Waals surface area contributed by atoms with Crippen molar-refractivity contribution in [1.82, 2.24) is 0 Å². The van der Waals surface area contributed by atoms with E-state index in [-0.39, 0.29) is 4.88 Å². The Bertz CT molecular complexity index is 481. The van der Waals surface area contributed by atoms with E-state index in [2.05, 4.69) is 15.9 Å². The van der Waals surface area contributed by atoms with Crippen LogP contribution in [0.15, 0.2) is 22.7 Å². The molecule has 1 aromatic carbocycles. The van der Waals surface area contributed by atoms with Gasteiger partial charge in [-0.15, -0.1) is 11.3 Å². The highest BCUT2D eigenvalue weighted by molar-refractivity contribution is 9.10. The monoisotopic (exact) mass is 277 g/mol. The van der Waals surface area contributed by atoms with Crippen LogP contribution >= 0.6 is 27.3 Å². The van der Waals surface area contributed by atoms with Gasteiger partial charge in [0, 0.05) is 20.2 Å². The molecule has 1 aromatic heterocycles. The van der Waals surface area contributed by atoms with Crippen molar-refractivity contribution in [2.75, 3.05) is 5.73 Å². The number of halogens is 3. The molecule has 0 saturated carbocycles. The third-order valence-electron chi connectivity index (χ3n) is 1.88. The summed E-state index contributed by atoms with van der Waals surface area (Å²) in [6.07, 6.45) is -2.44. The SMILES string of the molecule is Nc1ccc2c(Br)c(C(F)F)sc2c1. The standard InChI is InChI=1S/C9H6BrF2NS/c10-7-5-2-1-4(13)3-6(5)14-8(7)9(11)12/h1-3,9H,13H2. The number of rotatable bonds is 1. The molecule has 0 atom stereocenters. The maximum absolute atomic E-state index is 12.5. The van der Waals surface area contributed by atoms with Crippen molar-refractivity contribution in [2.45, 2.75) is 6.43 Å². The van der Waals surface area contributed by atoms with Crippen molar-refractivity contribution in [2.24, 2.45) is 0 Å².